The lowest BCUT2D eigenvalue weighted by Crippen LogP contribution is -2.64. The Morgan fingerprint density at radius 2 is 1.69 bits per heavy atom. The van der Waals surface area contributed by atoms with Crippen LogP contribution in [0.15, 0.2) is 84.8 Å². The number of halogens is 1. The molecule has 0 saturated carbocycles. The van der Waals surface area contributed by atoms with Crippen molar-refractivity contribution in [3.63, 3.8) is 0 Å². The molecule has 4 aromatic rings. The predicted molar refractivity (Wildman–Crippen MR) is 133 cm³/mol. The van der Waals surface area contributed by atoms with Crippen LogP contribution >= 0.6 is 0 Å². The minimum absolute atomic E-state index is 0.156. The van der Waals surface area contributed by atoms with Gasteiger partial charge in [-0.15, -0.1) is 0 Å². The summed E-state index contributed by atoms with van der Waals surface area (Å²) in [6.45, 7) is 1.80. The number of benzene rings is 2. The molecule has 0 bridgehead atoms. The van der Waals surface area contributed by atoms with Crippen molar-refractivity contribution in [1.82, 2.24) is 19.2 Å². The van der Waals surface area contributed by atoms with Gasteiger partial charge >= 0.3 is 0 Å². The molecule has 2 amide bonds. The molecular weight excluding hydrogens is 443 g/mol. The number of carbonyl (C=O) groups is 2. The normalized spacial score (nSPS) is 19.7. The number of hydrogen-bond acceptors (Lipinski definition) is 3. The highest BCUT2D eigenvalue weighted by atomic mass is 19.1. The van der Waals surface area contributed by atoms with E-state index in [1.54, 1.807) is 39.2 Å². The smallest absolute Gasteiger partial charge is 0.271 e. The molecule has 1 fully saturated rings. The van der Waals surface area contributed by atoms with Crippen molar-refractivity contribution in [2.24, 2.45) is 0 Å². The topological polar surface area (TPSA) is 57.9 Å². The molecule has 1 unspecified atom stereocenters. The number of pyridine rings is 1. The van der Waals surface area contributed by atoms with Gasteiger partial charge in [0, 0.05) is 44.0 Å². The van der Waals surface area contributed by atoms with Gasteiger partial charge < -0.3 is 14.2 Å². The number of piperazine rings is 1. The molecule has 6 nitrogen and oxygen atoms in total. The van der Waals surface area contributed by atoms with E-state index in [-0.39, 0.29) is 23.3 Å². The van der Waals surface area contributed by atoms with Crippen LogP contribution in [0.3, 0.4) is 0 Å². The van der Waals surface area contributed by atoms with Gasteiger partial charge in [-0.1, -0.05) is 30.3 Å². The molecule has 0 spiro atoms. The van der Waals surface area contributed by atoms with E-state index in [0.717, 1.165) is 11.1 Å². The highest BCUT2D eigenvalue weighted by Crippen LogP contribution is 2.32. The first-order valence-corrected chi connectivity index (χ1v) is 11.3. The van der Waals surface area contributed by atoms with Crippen molar-refractivity contribution in [2.45, 2.75) is 18.9 Å². The summed E-state index contributed by atoms with van der Waals surface area (Å²) in [4.78, 5) is 34.7. The van der Waals surface area contributed by atoms with Gasteiger partial charge in [-0.25, -0.2) is 9.37 Å². The van der Waals surface area contributed by atoms with Crippen LogP contribution in [0.5, 0.6) is 0 Å². The average Bonchev–Trinajstić information content (AvgIpc) is 3.31. The van der Waals surface area contributed by atoms with Crippen LogP contribution in [0.25, 0.3) is 23.0 Å². The molecule has 1 atom stereocenters. The van der Waals surface area contributed by atoms with Crippen molar-refractivity contribution in [1.29, 1.82) is 0 Å². The third-order valence-electron chi connectivity index (χ3n) is 6.73. The standard InChI is InChI=1S/C28H25FN4O2/c1-28(17-19-8-5-4-6-9-19)27(35)31(2)24(26(34)32(28)3)16-21-10-7-15-33-18-23(30-25(21)33)20-11-13-22(29)14-12-20/h4-16,18H,17H2,1-3H3. The molecular formula is C28H25FN4O2. The Morgan fingerprint density at radius 1 is 0.971 bits per heavy atom. The van der Waals surface area contributed by atoms with E-state index in [0.29, 0.717) is 23.3 Å². The molecule has 2 aromatic carbocycles. The fourth-order valence-corrected chi connectivity index (χ4v) is 4.55. The number of hydrogen-bond donors (Lipinski definition) is 0. The number of carbonyl (C=O) groups excluding carboxylic acids is 2. The summed E-state index contributed by atoms with van der Waals surface area (Å²) in [7, 11) is 3.31. The summed E-state index contributed by atoms with van der Waals surface area (Å²) in [5, 5.41) is 0. The Labute approximate surface area is 202 Å². The summed E-state index contributed by atoms with van der Waals surface area (Å²) >= 11 is 0. The largest absolute Gasteiger partial charge is 0.326 e. The molecule has 35 heavy (non-hydrogen) atoms. The number of amides is 2. The number of rotatable bonds is 4. The number of nitrogens with zero attached hydrogens (tertiary/aromatic N) is 4. The third kappa shape index (κ3) is 3.89. The Kier molecular flexibility index (Phi) is 5.47. The van der Waals surface area contributed by atoms with Gasteiger partial charge in [-0.3, -0.25) is 9.59 Å². The highest BCUT2D eigenvalue weighted by Gasteiger charge is 2.48. The summed E-state index contributed by atoms with van der Waals surface area (Å²) in [5.74, 6) is -0.704. The van der Waals surface area contributed by atoms with Crippen molar-refractivity contribution in [3.05, 3.63) is 102 Å². The summed E-state index contributed by atoms with van der Waals surface area (Å²) in [6.07, 6.45) is 5.84. The zero-order valence-electron chi connectivity index (χ0n) is 19.8. The quantitative estimate of drug-likeness (QED) is 0.417. The van der Waals surface area contributed by atoms with Crippen molar-refractivity contribution in [3.8, 4) is 11.3 Å². The Bertz CT molecular complexity index is 1460. The second-order valence-electron chi connectivity index (χ2n) is 9.02. The number of aromatic nitrogens is 2. The van der Waals surface area contributed by atoms with E-state index in [4.69, 9.17) is 4.98 Å². The molecule has 1 saturated heterocycles. The van der Waals surface area contributed by atoms with E-state index in [1.807, 2.05) is 59.3 Å². The van der Waals surface area contributed by atoms with Crippen LogP contribution < -0.4 is 0 Å². The predicted octanol–water partition coefficient (Wildman–Crippen LogP) is 4.41. The maximum absolute atomic E-state index is 13.5. The van der Waals surface area contributed by atoms with Gasteiger partial charge in [0.1, 0.15) is 22.7 Å². The van der Waals surface area contributed by atoms with Crippen LogP contribution in [0, 0.1) is 5.82 Å². The average molecular weight is 469 g/mol. The van der Waals surface area contributed by atoms with Gasteiger partial charge in [0.15, 0.2) is 0 Å². The first kappa shape index (κ1) is 22.5. The summed E-state index contributed by atoms with van der Waals surface area (Å²) < 4.78 is 15.2. The van der Waals surface area contributed by atoms with Gasteiger partial charge in [0.05, 0.1) is 5.69 Å². The lowest BCUT2D eigenvalue weighted by molar-refractivity contribution is -0.155. The number of fused-ring (bicyclic) bond motifs is 1. The molecule has 7 heteroatoms. The second-order valence-corrected chi connectivity index (χ2v) is 9.02. The van der Waals surface area contributed by atoms with E-state index < -0.39 is 5.54 Å². The van der Waals surface area contributed by atoms with Crippen LogP contribution in [0.1, 0.15) is 18.1 Å². The maximum atomic E-state index is 13.5. The lowest BCUT2D eigenvalue weighted by atomic mass is 9.87. The molecule has 0 radical (unpaired) electrons. The molecule has 5 rings (SSSR count). The van der Waals surface area contributed by atoms with Crippen molar-refractivity contribution < 1.29 is 14.0 Å². The summed E-state index contributed by atoms with van der Waals surface area (Å²) in [6, 6.07) is 19.5. The van der Waals surface area contributed by atoms with E-state index in [9.17, 15) is 14.0 Å². The Balaban J connectivity index is 1.52. The molecule has 0 N–H and O–H groups in total. The number of imidazole rings is 1. The first-order chi connectivity index (χ1) is 16.8. The molecule has 3 heterocycles. The third-order valence-corrected chi connectivity index (χ3v) is 6.73. The zero-order chi connectivity index (χ0) is 24.7. The zero-order valence-corrected chi connectivity index (χ0v) is 19.8. The highest BCUT2D eigenvalue weighted by molar-refractivity contribution is 6.09. The van der Waals surface area contributed by atoms with Crippen molar-refractivity contribution in [2.75, 3.05) is 14.1 Å². The van der Waals surface area contributed by atoms with Crippen LogP contribution in [-0.2, 0) is 16.0 Å². The molecule has 1 aliphatic rings. The fourth-order valence-electron chi connectivity index (χ4n) is 4.55. The molecule has 176 valence electrons. The van der Waals surface area contributed by atoms with E-state index in [1.165, 1.54) is 21.9 Å². The van der Waals surface area contributed by atoms with Crippen LogP contribution in [0.2, 0.25) is 0 Å². The first-order valence-electron chi connectivity index (χ1n) is 11.3. The van der Waals surface area contributed by atoms with Gasteiger partial charge in [-0.05, 0) is 55.0 Å². The second kappa shape index (κ2) is 8.51. The Morgan fingerprint density at radius 3 is 2.40 bits per heavy atom. The van der Waals surface area contributed by atoms with Crippen LogP contribution in [0.4, 0.5) is 4.39 Å². The Hall–Kier alpha value is -4.26. The van der Waals surface area contributed by atoms with Gasteiger partial charge in [0.2, 0.25) is 0 Å². The van der Waals surface area contributed by atoms with Gasteiger partial charge in [0.25, 0.3) is 11.8 Å². The van der Waals surface area contributed by atoms with E-state index in [2.05, 4.69) is 0 Å². The minimum Gasteiger partial charge on any atom is -0.326 e. The number of likely N-dealkylation sites (N-methyl/N-ethyl adjacent to an activating group) is 2. The SMILES string of the molecule is CN1C(=O)C(C)(Cc2ccccc2)N(C)C(=O)C1=Cc1cccn2cc(-c3ccc(F)cc3)nc12. The lowest BCUT2D eigenvalue weighted by Gasteiger charge is -2.45. The van der Waals surface area contributed by atoms with Crippen LogP contribution in [-0.4, -0.2) is 50.6 Å². The van der Waals surface area contributed by atoms with Gasteiger partial charge in [-0.2, -0.15) is 0 Å². The maximum Gasteiger partial charge on any atom is 0.271 e. The van der Waals surface area contributed by atoms with E-state index >= 15 is 0 Å². The summed E-state index contributed by atoms with van der Waals surface area (Å²) in [5.41, 5.74) is 3.06. The molecule has 2 aromatic heterocycles. The minimum atomic E-state index is -1.00. The van der Waals surface area contributed by atoms with Crippen molar-refractivity contribution >= 4 is 23.5 Å². The fraction of sp³-hybridized carbons (Fsp3) is 0.179. The monoisotopic (exact) mass is 468 g/mol. The molecule has 1 aliphatic heterocycles. The molecule has 0 aliphatic carbocycles.